The Morgan fingerprint density at radius 1 is 1.24 bits per heavy atom. The summed E-state index contributed by atoms with van der Waals surface area (Å²) in [6, 6.07) is 0. The van der Waals surface area contributed by atoms with Crippen LogP contribution >= 0.6 is 23.5 Å². The van der Waals surface area contributed by atoms with Gasteiger partial charge in [0.15, 0.2) is 0 Å². The van der Waals surface area contributed by atoms with Crippen LogP contribution in [0, 0.1) is 0 Å². The highest BCUT2D eigenvalue weighted by Crippen LogP contribution is 2.66. The Balaban J connectivity index is 2.07. The number of carbonyl (C=O) groups excluding carboxylic acids is 1. The second-order valence-corrected chi connectivity index (χ2v) is 11.9. The number of rotatable bonds is 13. The zero-order chi connectivity index (χ0) is 28.0. The zero-order valence-corrected chi connectivity index (χ0v) is 21.8. The molecule has 1 aliphatic rings. The largest absolute Gasteiger partial charge is 0.490 e. The molecule has 0 aromatic carbocycles. The third-order valence-electron chi connectivity index (χ3n) is 4.48. The van der Waals surface area contributed by atoms with E-state index in [9.17, 15) is 33.3 Å². The summed E-state index contributed by atoms with van der Waals surface area (Å²) in [7, 11) is -16.7. The number of hydrogen-bond donors (Lipinski definition) is 6. The lowest BCUT2D eigenvalue weighted by Gasteiger charge is -2.19. The van der Waals surface area contributed by atoms with E-state index in [2.05, 4.69) is 18.1 Å². The summed E-state index contributed by atoms with van der Waals surface area (Å²) in [5, 5.41) is 10.2. The van der Waals surface area contributed by atoms with Gasteiger partial charge < -0.3 is 39.9 Å². The maximum atomic E-state index is 12.3. The number of nitrogens with zero attached hydrogens (tertiary/aromatic N) is 2. The molecule has 18 nitrogen and oxygen atoms in total. The molecule has 2 rings (SSSR count). The standard InChI is InChI=1S/C16H26N3O15P3/c1-2-3-6-30-14(21)5-4-10-8-19(16(22)18-15(10)17)13-7-11(20)12(32-13)9-31-36(26,27)34-37(28,29)33-35(23,24)25/h4-5,8,11-13,20H,2-3,6-7,9H2,1H3,(H,26,27)(H,28,29)(H2,17,18,22)(H2,23,24,25)/b5-4+/t11-,12+,13+/m0/s1. The van der Waals surface area contributed by atoms with Crippen molar-refractivity contribution < 1.29 is 65.8 Å². The van der Waals surface area contributed by atoms with Crippen molar-refractivity contribution >= 4 is 41.3 Å². The molecular weight excluding hydrogens is 567 g/mol. The minimum atomic E-state index is -5.72. The van der Waals surface area contributed by atoms with Crippen LogP contribution in [-0.4, -0.2) is 65.6 Å². The molecule has 210 valence electrons. The summed E-state index contributed by atoms with van der Waals surface area (Å²) < 4.78 is 56.9. The highest BCUT2D eigenvalue weighted by molar-refractivity contribution is 7.66. The van der Waals surface area contributed by atoms with Crippen LogP contribution in [0.3, 0.4) is 0 Å². The van der Waals surface area contributed by atoms with Crippen LogP contribution in [0.4, 0.5) is 5.82 Å². The average molecular weight is 593 g/mol. The third-order valence-corrected chi connectivity index (χ3v) is 8.29. The van der Waals surface area contributed by atoms with Crippen LogP contribution in [-0.2, 0) is 41.1 Å². The summed E-state index contributed by atoms with van der Waals surface area (Å²) in [6.07, 6.45) is 0.876. The van der Waals surface area contributed by atoms with Gasteiger partial charge >= 0.3 is 35.1 Å². The van der Waals surface area contributed by atoms with Gasteiger partial charge in [0.1, 0.15) is 18.1 Å². The summed E-state index contributed by atoms with van der Waals surface area (Å²) in [6.45, 7) is 1.23. The molecular formula is C16H26N3O15P3. The van der Waals surface area contributed by atoms with Crippen molar-refractivity contribution in [2.75, 3.05) is 18.9 Å². The number of aliphatic hydroxyl groups excluding tert-OH is 1. The number of unbranched alkanes of at least 4 members (excludes halogenated alkanes) is 1. The second kappa shape index (κ2) is 12.8. The molecule has 0 bridgehead atoms. The lowest BCUT2D eigenvalue weighted by molar-refractivity contribution is -0.137. The Hall–Kier alpha value is -1.78. The number of phosphoric acid groups is 3. The van der Waals surface area contributed by atoms with Crippen LogP contribution < -0.4 is 11.4 Å². The fourth-order valence-electron chi connectivity index (χ4n) is 2.86. The van der Waals surface area contributed by atoms with Gasteiger partial charge in [0.05, 0.1) is 19.3 Å². The first kappa shape index (κ1) is 31.4. The first-order valence-electron chi connectivity index (χ1n) is 10.4. The molecule has 2 unspecified atom stereocenters. The molecule has 0 spiro atoms. The van der Waals surface area contributed by atoms with Crippen molar-refractivity contribution in [2.45, 2.75) is 44.6 Å². The molecule has 2 heterocycles. The lowest BCUT2D eigenvalue weighted by Crippen LogP contribution is -2.29. The molecule has 0 saturated carbocycles. The maximum absolute atomic E-state index is 12.3. The molecule has 1 aliphatic heterocycles. The van der Waals surface area contributed by atoms with E-state index in [0.29, 0.717) is 6.42 Å². The number of aliphatic hydroxyl groups is 1. The van der Waals surface area contributed by atoms with Gasteiger partial charge in [-0.05, 0) is 12.5 Å². The van der Waals surface area contributed by atoms with Crippen molar-refractivity contribution in [3.8, 4) is 0 Å². The molecule has 0 amide bonds. The second-order valence-electron chi connectivity index (χ2n) is 7.44. The number of phosphoric ester groups is 1. The molecule has 1 saturated heterocycles. The van der Waals surface area contributed by atoms with E-state index in [1.54, 1.807) is 0 Å². The molecule has 1 aromatic rings. The van der Waals surface area contributed by atoms with Crippen molar-refractivity contribution in [2.24, 2.45) is 0 Å². The smallest absolute Gasteiger partial charge is 0.463 e. The maximum Gasteiger partial charge on any atom is 0.490 e. The normalized spacial score (nSPS) is 23.6. The minimum Gasteiger partial charge on any atom is -0.463 e. The Kier molecular flexibility index (Phi) is 10.9. The Bertz CT molecular complexity index is 1200. The Morgan fingerprint density at radius 3 is 2.54 bits per heavy atom. The molecule has 1 aromatic heterocycles. The fourth-order valence-corrected chi connectivity index (χ4v) is 5.89. The van der Waals surface area contributed by atoms with Crippen LogP contribution in [0.5, 0.6) is 0 Å². The summed E-state index contributed by atoms with van der Waals surface area (Å²) >= 11 is 0. The van der Waals surface area contributed by atoms with Gasteiger partial charge in [-0.1, -0.05) is 13.3 Å². The van der Waals surface area contributed by atoms with Gasteiger partial charge in [0, 0.05) is 24.3 Å². The summed E-state index contributed by atoms with van der Waals surface area (Å²) in [4.78, 5) is 63.5. The van der Waals surface area contributed by atoms with E-state index in [0.717, 1.165) is 17.1 Å². The minimum absolute atomic E-state index is 0.141. The Labute approximate surface area is 209 Å². The number of carbonyl (C=O) groups is 1. The molecule has 7 N–H and O–H groups in total. The Morgan fingerprint density at radius 2 is 1.92 bits per heavy atom. The van der Waals surface area contributed by atoms with E-state index in [1.165, 1.54) is 12.3 Å². The van der Waals surface area contributed by atoms with E-state index in [-0.39, 0.29) is 24.4 Å². The van der Waals surface area contributed by atoms with Crippen molar-refractivity contribution in [1.29, 1.82) is 0 Å². The number of anilines is 1. The van der Waals surface area contributed by atoms with E-state index < -0.39 is 60.2 Å². The lowest BCUT2D eigenvalue weighted by atomic mass is 10.2. The van der Waals surface area contributed by atoms with E-state index in [1.807, 2.05) is 6.92 Å². The van der Waals surface area contributed by atoms with Gasteiger partial charge in [0.25, 0.3) is 0 Å². The molecule has 0 aliphatic carbocycles. The van der Waals surface area contributed by atoms with Crippen molar-refractivity contribution in [3.63, 3.8) is 0 Å². The third kappa shape index (κ3) is 10.5. The molecule has 0 radical (unpaired) electrons. The van der Waals surface area contributed by atoms with Crippen molar-refractivity contribution in [3.05, 3.63) is 28.3 Å². The number of nitrogen functional groups attached to an aromatic ring is 1. The number of esters is 1. The highest BCUT2D eigenvalue weighted by atomic mass is 31.3. The van der Waals surface area contributed by atoms with Gasteiger partial charge in [-0.2, -0.15) is 13.6 Å². The first-order valence-corrected chi connectivity index (χ1v) is 14.9. The molecule has 21 heteroatoms. The van der Waals surface area contributed by atoms with Gasteiger partial charge in [0.2, 0.25) is 0 Å². The van der Waals surface area contributed by atoms with E-state index in [4.69, 9.17) is 29.9 Å². The summed E-state index contributed by atoms with van der Waals surface area (Å²) in [5.74, 6) is -0.855. The number of hydrogen-bond acceptors (Lipinski definition) is 13. The number of aromatic nitrogens is 2. The monoisotopic (exact) mass is 593 g/mol. The predicted molar refractivity (Wildman–Crippen MR) is 122 cm³/mol. The highest BCUT2D eigenvalue weighted by Gasteiger charge is 2.43. The number of nitrogens with two attached hydrogens (primary N) is 1. The topological polar surface area (TPSA) is 276 Å². The fraction of sp³-hybridized carbons (Fsp3) is 0.562. The van der Waals surface area contributed by atoms with Gasteiger partial charge in [-0.15, -0.1) is 0 Å². The van der Waals surface area contributed by atoms with Gasteiger partial charge in [-0.25, -0.2) is 23.3 Å². The van der Waals surface area contributed by atoms with E-state index >= 15 is 0 Å². The quantitative estimate of drug-likeness (QED) is 0.0769. The van der Waals surface area contributed by atoms with Crippen LogP contribution in [0.15, 0.2) is 17.1 Å². The van der Waals surface area contributed by atoms with Crippen LogP contribution in [0.25, 0.3) is 6.08 Å². The number of ether oxygens (including phenoxy) is 2. The predicted octanol–water partition coefficient (Wildman–Crippen LogP) is 0.174. The van der Waals surface area contributed by atoms with Crippen molar-refractivity contribution in [1.82, 2.24) is 9.55 Å². The first-order chi connectivity index (χ1) is 17.0. The molecule has 1 fully saturated rings. The average Bonchev–Trinajstić information content (AvgIpc) is 3.09. The molecule has 5 atom stereocenters. The summed E-state index contributed by atoms with van der Waals surface area (Å²) in [5.41, 5.74) is 4.98. The van der Waals surface area contributed by atoms with Crippen LogP contribution in [0.1, 0.15) is 38.0 Å². The zero-order valence-electron chi connectivity index (χ0n) is 19.1. The van der Waals surface area contributed by atoms with Crippen LogP contribution in [0.2, 0.25) is 0 Å². The van der Waals surface area contributed by atoms with Gasteiger partial charge in [-0.3, -0.25) is 9.09 Å². The molecule has 37 heavy (non-hydrogen) atoms. The SMILES string of the molecule is CCCCOC(=O)/C=C/c1cn([C@H]2C[C@H](O)[C@@H](COP(=O)(O)OP(=O)(O)OP(=O)(O)O)O2)c(=O)nc1N.